The van der Waals surface area contributed by atoms with E-state index in [0.29, 0.717) is 10.8 Å². The van der Waals surface area contributed by atoms with E-state index in [2.05, 4.69) is 44.8 Å². The van der Waals surface area contributed by atoms with Crippen LogP contribution >= 0.6 is 0 Å². The molecule has 80 valence electrons. The van der Waals surface area contributed by atoms with E-state index in [0.717, 1.165) is 6.71 Å². The molecule has 1 aromatic heterocycles. The highest BCUT2D eigenvalue weighted by molar-refractivity contribution is 6.74. The van der Waals surface area contributed by atoms with Crippen molar-refractivity contribution in [1.29, 1.82) is 0 Å². The second-order valence-corrected chi connectivity index (χ2v) is 6.15. The summed E-state index contributed by atoms with van der Waals surface area (Å²) < 4.78 is 0. The Bertz CT molecular complexity index is 327. The van der Waals surface area contributed by atoms with Crippen LogP contribution in [0.3, 0.4) is 0 Å². The zero-order valence-corrected chi connectivity index (χ0v) is 10.2. The van der Waals surface area contributed by atoms with E-state index >= 15 is 0 Å². The fraction of sp³-hybridized carbons (Fsp3) is 0.615. The Balaban J connectivity index is 2.24. The zero-order valence-electron chi connectivity index (χ0n) is 10.2. The van der Waals surface area contributed by atoms with Gasteiger partial charge in [0.2, 0.25) is 0 Å². The monoisotopic (exact) mass is 201 g/mol. The molecule has 1 fully saturated rings. The van der Waals surface area contributed by atoms with Gasteiger partial charge in [-0.1, -0.05) is 45.8 Å². The topological polar surface area (TPSA) is 12.9 Å². The van der Waals surface area contributed by atoms with Crippen molar-refractivity contribution in [3.05, 3.63) is 24.5 Å². The number of aromatic nitrogens is 1. The highest BCUT2D eigenvalue weighted by atomic mass is 14.6. The van der Waals surface area contributed by atoms with Crippen LogP contribution in [-0.2, 0) is 0 Å². The average molecular weight is 201 g/mol. The SMILES string of the molecule is CC1(C)CB(c2ccncc2)CC1(C)C. The summed E-state index contributed by atoms with van der Waals surface area (Å²) in [6.45, 7) is 10.3. The number of hydrogen-bond donors (Lipinski definition) is 0. The third-order valence-electron chi connectivity index (χ3n) is 4.52. The predicted molar refractivity (Wildman–Crippen MR) is 66.8 cm³/mol. The van der Waals surface area contributed by atoms with Crippen LogP contribution in [0.15, 0.2) is 24.5 Å². The van der Waals surface area contributed by atoms with E-state index in [1.165, 1.54) is 18.1 Å². The van der Waals surface area contributed by atoms with Gasteiger partial charge >= 0.3 is 0 Å². The summed E-state index contributed by atoms with van der Waals surface area (Å²) in [6.07, 6.45) is 6.41. The van der Waals surface area contributed by atoms with Crippen molar-refractivity contribution in [3.63, 3.8) is 0 Å². The summed E-state index contributed by atoms with van der Waals surface area (Å²) in [5.74, 6) is 0. The van der Waals surface area contributed by atoms with Crippen LogP contribution in [-0.4, -0.2) is 11.7 Å². The number of rotatable bonds is 1. The Labute approximate surface area is 93.4 Å². The lowest BCUT2D eigenvalue weighted by Crippen LogP contribution is -2.27. The highest BCUT2D eigenvalue weighted by Crippen LogP contribution is 2.52. The Hall–Kier alpha value is -0.785. The van der Waals surface area contributed by atoms with Crippen LogP contribution in [0.5, 0.6) is 0 Å². The Morgan fingerprint density at radius 2 is 1.47 bits per heavy atom. The maximum absolute atomic E-state index is 4.09. The molecule has 1 aromatic rings. The first-order valence-electron chi connectivity index (χ1n) is 5.82. The van der Waals surface area contributed by atoms with Crippen LogP contribution in [0.4, 0.5) is 0 Å². The van der Waals surface area contributed by atoms with Gasteiger partial charge in [-0.25, -0.2) is 0 Å². The molecule has 1 saturated heterocycles. The Morgan fingerprint density at radius 3 is 1.93 bits per heavy atom. The van der Waals surface area contributed by atoms with Crippen molar-refractivity contribution in [3.8, 4) is 0 Å². The Kier molecular flexibility index (Phi) is 2.40. The van der Waals surface area contributed by atoms with Crippen LogP contribution in [0.2, 0.25) is 12.6 Å². The van der Waals surface area contributed by atoms with Gasteiger partial charge in [-0.15, -0.1) is 0 Å². The van der Waals surface area contributed by atoms with Crippen molar-refractivity contribution in [2.45, 2.75) is 40.3 Å². The smallest absolute Gasteiger partial charge is 0.177 e. The zero-order chi connectivity index (χ0) is 11.1. The lowest BCUT2D eigenvalue weighted by molar-refractivity contribution is 0.177. The lowest BCUT2D eigenvalue weighted by atomic mass is 9.42. The summed E-state index contributed by atoms with van der Waals surface area (Å²) in [6, 6.07) is 4.34. The van der Waals surface area contributed by atoms with Gasteiger partial charge in [0.15, 0.2) is 6.71 Å². The molecule has 0 amide bonds. The fourth-order valence-electron chi connectivity index (χ4n) is 2.73. The van der Waals surface area contributed by atoms with E-state index in [4.69, 9.17) is 0 Å². The van der Waals surface area contributed by atoms with Crippen LogP contribution in [0.1, 0.15) is 27.7 Å². The summed E-state index contributed by atoms with van der Waals surface area (Å²) in [5.41, 5.74) is 2.35. The molecule has 2 heteroatoms. The third kappa shape index (κ3) is 1.82. The van der Waals surface area contributed by atoms with Crippen molar-refractivity contribution in [2.24, 2.45) is 10.8 Å². The molecule has 0 unspecified atom stereocenters. The van der Waals surface area contributed by atoms with Crippen LogP contribution in [0, 0.1) is 10.8 Å². The summed E-state index contributed by atoms with van der Waals surface area (Å²) in [4.78, 5) is 4.09. The molecule has 0 saturated carbocycles. The van der Waals surface area contributed by atoms with Gasteiger partial charge in [-0.2, -0.15) is 0 Å². The second-order valence-electron chi connectivity index (χ2n) is 6.15. The van der Waals surface area contributed by atoms with Crippen molar-refractivity contribution >= 4 is 12.2 Å². The van der Waals surface area contributed by atoms with Crippen LogP contribution in [0.25, 0.3) is 0 Å². The van der Waals surface area contributed by atoms with Gasteiger partial charge in [0.05, 0.1) is 0 Å². The first kappa shape index (κ1) is 10.7. The highest BCUT2D eigenvalue weighted by Gasteiger charge is 2.47. The molecule has 0 N–H and O–H groups in total. The van der Waals surface area contributed by atoms with Crippen molar-refractivity contribution in [1.82, 2.24) is 4.98 Å². The molecule has 0 aliphatic carbocycles. The number of pyridine rings is 1. The largest absolute Gasteiger partial charge is 0.265 e. The van der Waals surface area contributed by atoms with Gasteiger partial charge in [0, 0.05) is 12.4 Å². The third-order valence-corrected chi connectivity index (χ3v) is 4.52. The van der Waals surface area contributed by atoms with Crippen LogP contribution < -0.4 is 5.46 Å². The maximum atomic E-state index is 4.09. The van der Waals surface area contributed by atoms with Crippen molar-refractivity contribution < 1.29 is 0 Å². The van der Waals surface area contributed by atoms with E-state index in [1.54, 1.807) is 0 Å². The first-order chi connectivity index (χ1) is 6.92. The molecular formula is C13H20BN. The van der Waals surface area contributed by atoms with Gasteiger partial charge < -0.3 is 0 Å². The number of hydrogen-bond acceptors (Lipinski definition) is 1. The van der Waals surface area contributed by atoms with Gasteiger partial charge in [0.1, 0.15) is 0 Å². The molecule has 0 spiro atoms. The minimum Gasteiger partial charge on any atom is -0.265 e. The fourth-order valence-corrected chi connectivity index (χ4v) is 2.73. The molecule has 0 aromatic carbocycles. The summed E-state index contributed by atoms with van der Waals surface area (Å²) in [5, 5.41) is 0. The number of nitrogens with zero attached hydrogens (tertiary/aromatic N) is 1. The maximum Gasteiger partial charge on any atom is 0.177 e. The average Bonchev–Trinajstić information content (AvgIpc) is 2.38. The first-order valence-corrected chi connectivity index (χ1v) is 5.82. The van der Waals surface area contributed by atoms with Gasteiger partial charge in [0.25, 0.3) is 0 Å². The molecule has 0 atom stereocenters. The molecule has 0 radical (unpaired) electrons. The van der Waals surface area contributed by atoms with Gasteiger partial charge in [-0.3, -0.25) is 4.98 Å². The molecule has 2 heterocycles. The van der Waals surface area contributed by atoms with E-state index < -0.39 is 0 Å². The molecule has 0 bridgehead atoms. The molecule has 1 nitrogen and oxygen atoms in total. The molecule has 2 rings (SSSR count). The lowest BCUT2D eigenvalue weighted by Gasteiger charge is -2.35. The summed E-state index contributed by atoms with van der Waals surface area (Å²) >= 11 is 0. The quantitative estimate of drug-likeness (QED) is 0.636. The Morgan fingerprint density at radius 1 is 1.00 bits per heavy atom. The molecular weight excluding hydrogens is 181 g/mol. The van der Waals surface area contributed by atoms with Gasteiger partial charge in [-0.05, 0) is 23.0 Å². The molecule has 1 aliphatic rings. The summed E-state index contributed by atoms with van der Waals surface area (Å²) in [7, 11) is 0. The predicted octanol–water partition coefficient (Wildman–Crippen LogP) is 2.85. The standard InChI is InChI=1S/C13H20BN/c1-12(2)9-14(10-13(12,3)4)11-5-7-15-8-6-11/h5-8H,9-10H2,1-4H3. The second kappa shape index (κ2) is 3.36. The molecule has 15 heavy (non-hydrogen) atoms. The van der Waals surface area contributed by atoms with E-state index in [9.17, 15) is 0 Å². The minimum absolute atomic E-state index is 0.445. The van der Waals surface area contributed by atoms with E-state index in [1.807, 2.05) is 12.4 Å². The minimum atomic E-state index is 0.445. The van der Waals surface area contributed by atoms with E-state index in [-0.39, 0.29) is 0 Å². The molecule has 1 aliphatic heterocycles. The normalized spacial score (nSPS) is 23.1. The van der Waals surface area contributed by atoms with Crippen molar-refractivity contribution in [2.75, 3.05) is 0 Å².